The average Bonchev–Trinajstić information content (AvgIpc) is 3.54. The monoisotopic (exact) mass is 452 g/mol. The summed E-state index contributed by atoms with van der Waals surface area (Å²) in [6.45, 7) is 1.25. The fraction of sp³-hybridized carbons (Fsp3) is 0.333. The van der Waals surface area contributed by atoms with E-state index in [2.05, 4.69) is 33.4 Å². The number of halogens is 1. The van der Waals surface area contributed by atoms with E-state index in [1.807, 2.05) is 53.4 Å². The lowest BCUT2D eigenvalue weighted by Gasteiger charge is -2.31. The summed E-state index contributed by atoms with van der Waals surface area (Å²) in [5, 5.41) is 3.29. The maximum absolute atomic E-state index is 12.8. The molecule has 2 amide bonds. The number of rotatable bonds is 5. The Balaban J connectivity index is 1.29. The Morgan fingerprint density at radius 3 is 2.28 bits per heavy atom. The van der Waals surface area contributed by atoms with Crippen LogP contribution < -0.4 is 5.32 Å². The average molecular weight is 453 g/mol. The van der Waals surface area contributed by atoms with Crippen molar-refractivity contribution in [2.24, 2.45) is 5.92 Å². The van der Waals surface area contributed by atoms with E-state index in [1.54, 1.807) is 6.08 Å². The molecule has 4 nitrogen and oxygen atoms in total. The molecule has 0 aromatic heterocycles. The minimum absolute atomic E-state index is 0.0150. The van der Waals surface area contributed by atoms with Crippen molar-refractivity contribution in [2.45, 2.75) is 31.2 Å². The van der Waals surface area contributed by atoms with Gasteiger partial charge in [-0.05, 0) is 55.0 Å². The van der Waals surface area contributed by atoms with Crippen LogP contribution in [-0.4, -0.2) is 29.8 Å². The van der Waals surface area contributed by atoms with Crippen molar-refractivity contribution in [3.05, 3.63) is 76.3 Å². The normalized spacial score (nSPS) is 18.6. The molecule has 1 saturated carbocycles. The van der Waals surface area contributed by atoms with Gasteiger partial charge in [0.2, 0.25) is 11.8 Å². The molecule has 1 aliphatic heterocycles. The second-order valence-corrected chi connectivity index (χ2v) is 8.84. The first-order valence-corrected chi connectivity index (χ1v) is 11.0. The van der Waals surface area contributed by atoms with Crippen LogP contribution in [0, 0.1) is 5.92 Å². The minimum Gasteiger partial charge on any atom is -0.346 e. The Kier molecular flexibility index (Phi) is 5.86. The van der Waals surface area contributed by atoms with Gasteiger partial charge in [-0.3, -0.25) is 9.59 Å². The van der Waals surface area contributed by atoms with Crippen molar-refractivity contribution in [3.63, 3.8) is 0 Å². The van der Waals surface area contributed by atoms with Crippen LogP contribution in [0.25, 0.3) is 6.08 Å². The molecule has 0 atom stereocenters. The summed E-state index contributed by atoms with van der Waals surface area (Å²) >= 11 is 3.46. The van der Waals surface area contributed by atoms with Gasteiger partial charge in [-0.25, -0.2) is 0 Å². The van der Waals surface area contributed by atoms with Crippen molar-refractivity contribution in [3.8, 4) is 0 Å². The molecule has 2 fully saturated rings. The number of carbonyl (C=O) groups is 2. The van der Waals surface area contributed by atoms with Crippen molar-refractivity contribution in [1.82, 2.24) is 10.2 Å². The number of nitrogens with one attached hydrogen (secondary N) is 1. The van der Waals surface area contributed by atoms with E-state index < -0.39 is 0 Å². The van der Waals surface area contributed by atoms with E-state index in [1.165, 1.54) is 5.56 Å². The van der Waals surface area contributed by atoms with Gasteiger partial charge in [-0.2, -0.15) is 0 Å². The van der Waals surface area contributed by atoms with E-state index in [0.29, 0.717) is 25.9 Å². The summed E-state index contributed by atoms with van der Waals surface area (Å²) in [6, 6.07) is 18.0. The Labute approximate surface area is 180 Å². The molecule has 2 aliphatic rings. The first-order chi connectivity index (χ1) is 14.1. The summed E-state index contributed by atoms with van der Waals surface area (Å²) < 4.78 is 1.04. The molecule has 1 saturated heterocycles. The lowest BCUT2D eigenvalue weighted by Crippen LogP contribution is -2.45. The predicted molar refractivity (Wildman–Crippen MR) is 118 cm³/mol. The van der Waals surface area contributed by atoms with E-state index >= 15 is 0 Å². The maximum Gasteiger partial charge on any atom is 0.246 e. The highest BCUT2D eigenvalue weighted by Crippen LogP contribution is 2.46. The van der Waals surface area contributed by atoms with Gasteiger partial charge in [0, 0.05) is 29.6 Å². The van der Waals surface area contributed by atoms with Gasteiger partial charge in [-0.1, -0.05) is 58.4 Å². The molecule has 0 spiro atoms. The van der Waals surface area contributed by atoms with Crippen LogP contribution in [-0.2, 0) is 15.1 Å². The molecule has 150 valence electrons. The summed E-state index contributed by atoms with van der Waals surface area (Å²) in [5.74, 6) is 0.114. The van der Waals surface area contributed by atoms with E-state index in [0.717, 1.165) is 22.9 Å². The highest BCUT2D eigenvalue weighted by Gasteiger charge is 2.46. The zero-order chi connectivity index (χ0) is 20.3. The van der Waals surface area contributed by atoms with Crippen LogP contribution in [0.1, 0.15) is 36.8 Å². The number of carbonyl (C=O) groups excluding carboxylic acids is 2. The number of hydrogen-bond acceptors (Lipinski definition) is 2. The largest absolute Gasteiger partial charge is 0.346 e. The molecule has 2 aromatic carbocycles. The minimum atomic E-state index is -0.191. The van der Waals surface area contributed by atoms with Crippen molar-refractivity contribution < 1.29 is 9.59 Å². The van der Waals surface area contributed by atoms with Gasteiger partial charge < -0.3 is 10.2 Å². The zero-order valence-electron chi connectivity index (χ0n) is 16.3. The molecule has 0 radical (unpaired) electrons. The van der Waals surface area contributed by atoms with Crippen LogP contribution in [0.15, 0.2) is 65.1 Å². The fourth-order valence-corrected chi connectivity index (χ4v) is 4.18. The molecular formula is C24H25BrN2O2. The smallest absolute Gasteiger partial charge is 0.246 e. The molecule has 1 N–H and O–H groups in total. The number of nitrogens with zero attached hydrogens (tertiary/aromatic N) is 1. The van der Waals surface area contributed by atoms with Crippen LogP contribution in [0.5, 0.6) is 0 Å². The lowest BCUT2D eigenvalue weighted by atomic mass is 9.94. The van der Waals surface area contributed by atoms with Gasteiger partial charge in [0.15, 0.2) is 0 Å². The van der Waals surface area contributed by atoms with Gasteiger partial charge in [0.1, 0.15) is 0 Å². The number of likely N-dealkylation sites (tertiary alicyclic amines) is 1. The van der Waals surface area contributed by atoms with Crippen molar-refractivity contribution in [1.29, 1.82) is 0 Å². The van der Waals surface area contributed by atoms with Gasteiger partial charge >= 0.3 is 0 Å². The number of amides is 2. The third-order valence-electron chi connectivity index (χ3n) is 5.90. The van der Waals surface area contributed by atoms with Crippen LogP contribution in [0.2, 0.25) is 0 Å². The third-order valence-corrected chi connectivity index (χ3v) is 6.43. The van der Waals surface area contributed by atoms with Crippen molar-refractivity contribution >= 4 is 33.8 Å². The summed E-state index contributed by atoms with van der Waals surface area (Å²) in [7, 11) is 0. The Bertz CT molecular complexity index is 896. The first kappa shape index (κ1) is 19.9. The fourth-order valence-electron chi connectivity index (χ4n) is 3.92. The molecular weight excluding hydrogens is 428 g/mol. The molecule has 4 rings (SSSR count). The molecule has 1 heterocycles. The van der Waals surface area contributed by atoms with Crippen molar-refractivity contribution in [2.75, 3.05) is 13.1 Å². The molecule has 2 aromatic rings. The lowest BCUT2D eigenvalue weighted by molar-refractivity contribution is -0.132. The third kappa shape index (κ3) is 4.78. The molecule has 29 heavy (non-hydrogen) atoms. The summed E-state index contributed by atoms with van der Waals surface area (Å²) in [6.07, 6.45) is 6.88. The van der Waals surface area contributed by atoms with Crippen LogP contribution in [0.4, 0.5) is 0 Å². The van der Waals surface area contributed by atoms with E-state index in [4.69, 9.17) is 0 Å². The Morgan fingerprint density at radius 1 is 1.00 bits per heavy atom. The highest BCUT2D eigenvalue weighted by molar-refractivity contribution is 9.10. The van der Waals surface area contributed by atoms with Crippen LogP contribution >= 0.6 is 15.9 Å². The molecule has 1 aliphatic carbocycles. The Hall–Kier alpha value is -2.40. The zero-order valence-corrected chi connectivity index (χ0v) is 17.9. The number of piperidine rings is 1. The second-order valence-electron chi connectivity index (χ2n) is 7.92. The molecule has 5 heteroatoms. The first-order valence-electron chi connectivity index (χ1n) is 10.2. The quantitative estimate of drug-likeness (QED) is 0.678. The van der Waals surface area contributed by atoms with E-state index in [-0.39, 0.29) is 23.3 Å². The number of hydrogen-bond donors (Lipinski definition) is 1. The molecule has 0 bridgehead atoms. The second kappa shape index (κ2) is 8.54. The Morgan fingerprint density at radius 2 is 1.66 bits per heavy atom. The molecule has 0 unspecified atom stereocenters. The predicted octanol–water partition coefficient (Wildman–Crippen LogP) is 4.51. The maximum atomic E-state index is 12.8. The van der Waals surface area contributed by atoms with Gasteiger partial charge in [-0.15, -0.1) is 0 Å². The topological polar surface area (TPSA) is 49.4 Å². The highest BCUT2D eigenvalue weighted by atomic mass is 79.9. The summed E-state index contributed by atoms with van der Waals surface area (Å²) in [5.41, 5.74) is 1.99. The standard InChI is InChI=1S/C24H25BrN2O2/c25-21-9-7-20(8-10-21)24(14-15-24)26-23(29)19-12-16-27(17-13-19)22(28)11-6-18-4-2-1-3-5-18/h1-11,19H,12-17H2,(H,26,29)/b11-6+. The van der Waals surface area contributed by atoms with Crippen LogP contribution in [0.3, 0.4) is 0 Å². The van der Waals surface area contributed by atoms with Gasteiger partial charge in [0.05, 0.1) is 5.54 Å². The van der Waals surface area contributed by atoms with E-state index in [9.17, 15) is 9.59 Å². The summed E-state index contributed by atoms with van der Waals surface area (Å²) in [4.78, 5) is 27.1. The SMILES string of the molecule is O=C(NC1(c2ccc(Br)cc2)CC1)C1CCN(C(=O)/C=C/c2ccccc2)CC1. The van der Waals surface area contributed by atoms with Gasteiger partial charge in [0.25, 0.3) is 0 Å². The number of benzene rings is 2.